The molecule has 4 heteroatoms. The van der Waals surface area contributed by atoms with Gasteiger partial charge in [-0.3, -0.25) is 9.59 Å². The summed E-state index contributed by atoms with van der Waals surface area (Å²) in [7, 11) is 0. The summed E-state index contributed by atoms with van der Waals surface area (Å²) >= 11 is 0. The van der Waals surface area contributed by atoms with Crippen LogP contribution in [0.3, 0.4) is 0 Å². The number of carbonyl (C=O) groups excluding carboxylic acids is 1. The molecule has 0 aliphatic rings. The molecule has 1 aromatic heterocycles. The van der Waals surface area contributed by atoms with E-state index in [1.165, 1.54) is 30.5 Å². The van der Waals surface area contributed by atoms with E-state index in [4.69, 9.17) is 4.42 Å². The zero-order valence-electron chi connectivity index (χ0n) is 11.5. The summed E-state index contributed by atoms with van der Waals surface area (Å²) in [5.74, 6) is -0.478. The number of fused-ring (bicyclic) bond motifs is 1. The Morgan fingerprint density at radius 1 is 1.05 bits per heavy atom. The Morgan fingerprint density at radius 2 is 1.77 bits per heavy atom. The predicted molar refractivity (Wildman–Crippen MR) is 84.0 cm³/mol. The maximum atomic E-state index is 12.3. The van der Waals surface area contributed by atoms with E-state index in [1.807, 2.05) is 0 Å². The van der Waals surface area contributed by atoms with Gasteiger partial charge in [-0.15, -0.1) is 0 Å². The van der Waals surface area contributed by atoms with Crippen LogP contribution in [0.2, 0.25) is 0 Å². The van der Waals surface area contributed by atoms with Gasteiger partial charge < -0.3 is 9.52 Å². The van der Waals surface area contributed by atoms with Crippen molar-refractivity contribution in [2.24, 2.45) is 0 Å². The van der Waals surface area contributed by atoms with Gasteiger partial charge in [0.05, 0.1) is 16.5 Å². The Bertz CT molecular complexity index is 935. The van der Waals surface area contributed by atoms with Crippen molar-refractivity contribution in [1.82, 2.24) is 0 Å². The van der Waals surface area contributed by atoms with Gasteiger partial charge in [0.2, 0.25) is 0 Å². The minimum absolute atomic E-state index is 0.0947. The van der Waals surface area contributed by atoms with Gasteiger partial charge in [-0.1, -0.05) is 24.3 Å². The molecule has 0 saturated carbocycles. The topological polar surface area (TPSA) is 67.5 Å². The molecule has 0 aliphatic carbocycles. The number of hydrogen-bond acceptors (Lipinski definition) is 4. The third kappa shape index (κ3) is 2.54. The van der Waals surface area contributed by atoms with Crippen molar-refractivity contribution in [2.75, 3.05) is 0 Å². The zero-order valence-corrected chi connectivity index (χ0v) is 11.5. The number of rotatable bonds is 3. The molecule has 22 heavy (non-hydrogen) atoms. The maximum absolute atomic E-state index is 12.3. The van der Waals surface area contributed by atoms with Crippen molar-refractivity contribution in [3.05, 3.63) is 82.2 Å². The highest BCUT2D eigenvalue weighted by molar-refractivity contribution is 6.08. The third-order valence-electron chi connectivity index (χ3n) is 3.29. The first-order valence-electron chi connectivity index (χ1n) is 6.68. The first-order valence-corrected chi connectivity index (χ1v) is 6.68. The van der Waals surface area contributed by atoms with E-state index in [0.29, 0.717) is 11.0 Å². The van der Waals surface area contributed by atoms with Crippen LogP contribution in [0, 0.1) is 0 Å². The predicted octanol–water partition coefficient (Wildman–Crippen LogP) is 3.39. The Kier molecular flexibility index (Phi) is 3.58. The molecule has 0 atom stereocenters. The number of carbonyl (C=O) groups is 1. The van der Waals surface area contributed by atoms with Crippen molar-refractivity contribution in [1.29, 1.82) is 0 Å². The highest BCUT2D eigenvalue weighted by Crippen LogP contribution is 2.17. The molecule has 4 nitrogen and oxygen atoms in total. The summed E-state index contributed by atoms with van der Waals surface area (Å²) < 4.78 is 5.37. The van der Waals surface area contributed by atoms with Gasteiger partial charge in [0.1, 0.15) is 17.6 Å². The van der Waals surface area contributed by atoms with Crippen LogP contribution in [0.25, 0.3) is 17.0 Å². The summed E-state index contributed by atoms with van der Waals surface area (Å²) in [5.41, 5.74) is 0.756. The van der Waals surface area contributed by atoms with Crippen molar-refractivity contribution in [3.8, 4) is 5.75 Å². The van der Waals surface area contributed by atoms with Crippen LogP contribution in [0.15, 0.2) is 70.1 Å². The van der Waals surface area contributed by atoms with Crippen LogP contribution < -0.4 is 5.43 Å². The van der Waals surface area contributed by atoms with Crippen molar-refractivity contribution < 1.29 is 14.3 Å². The number of para-hydroxylation sites is 2. The van der Waals surface area contributed by atoms with Gasteiger partial charge in [0.15, 0.2) is 11.2 Å². The van der Waals surface area contributed by atoms with Gasteiger partial charge >= 0.3 is 0 Å². The lowest BCUT2D eigenvalue weighted by molar-refractivity contribution is 0.104. The van der Waals surface area contributed by atoms with Crippen molar-refractivity contribution in [2.45, 2.75) is 0 Å². The number of aromatic hydroxyl groups is 1. The SMILES string of the molecule is O=C(C=Cc1coc2ccccc2c1=O)c1ccccc1O. The molecule has 0 amide bonds. The second kappa shape index (κ2) is 5.69. The number of benzene rings is 2. The average Bonchev–Trinajstić information content (AvgIpc) is 2.55. The Morgan fingerprint density at radius 3 is 2.59 bits per heavy atom. The largest absolute Gasteiger partial charge is 0.507 e. The second-order valence-corrected chi connectivity index (χ2v) is 4.73. The van der Waals surface area contributed by atoms with Crippen LogP contribution in [0.5, 0.6) is 5.75 Å². The molecule has 0 aliphatic heterocycles. The first-order chi connectivity index (χ1) is 10.7. The molecule has 0 radical (unpaired) electrons. The molecule has 1 N–H and O–H groups in total. The fourth-order valence-electron chi connectivity index (χ4n) is 2.15. The highest BCUT2D eigenvalue weighted by atomic mass is 16.3. The zero-order chi connectivity index (χ0) is 15.5. The Hall–Kier alpha value is -3.14. The summed E-state index contributed by atoms with van der Waals surface area (Å²) in [6, 6.07) is 13.2. The van der Waals surface area contributed by atoms with E-state index in [9.17, 15) is 14.7 Å². The molecule has 0 saturated heterocycles. The highest BCUT2D eigenvalue weighted by Gasteiger charge is 2.08. The summed E-state index contributed by atoms with van der Waals surface area (Å²) in [4.78, 5) is 24.3. The van der Waals surface area contributed by atoms with Gasteiger partial charge in [-0.2, -0.15) is 0 Å². The quantitative estimate of drug-likeness (QED) is 0.593. The molecule has 1 heterocycles. The average molecular weight is 292 g/mol. The Labute approximate surface area is 125 Å². The van der Waals surface area contributed by atoms with Gasteiger partial charge in [-0.05, 0) is 36.4 Å². The van der Waals surface area contributed by atoms with Crippen LogP contribution in [-0.4, -0.2) is 10.9 Å². The standard InChI is InChI=1S/C18H12O4/c19-15-7-3-1-5-13(15)16(20)10-9-12-11-22-17-8-4-2-6-14(17)18(12)21/h1-11,19H. The molecular weight excluding hydrogens is 280 g/mol. The summed E-state index contributed by atoms with van der Waals surface area (Å²) in [6.45, 7) is 0. The lowest BCUT2D eigenvalue weighted by Gasteiger charge is -1.99. The Balaban J connectivity index is 1.96. The minimum atomic E-state index is -0.384. The third-order valence-corrected chi connectivity index (χ3v) is 3.29. The normalized spacial score (nSPS) is 11.1. The van der Waals surface area contributed by atoms with E-state index >= 15 is 0 Å². The molecular formula is C18H12O4. The van der Waals surface area contributed by atoms with Crippen LogP contribution in [0.1, 0.15) is 15.9 Å². The number of ketones is 1. The number of hydrogen-bond donors (Lipinski definition) is 1. The smallest absolute Gasteiger partial charge is 0.199 e. The second-order valence-electron chi connectivity index (χ2n) is 4.73. The first kappa shape index (κ1) is 13.8. The molecule has 0 spiro atoms. The van der Waals surface area contributed by atoms with Crippen LogP contribution in [0.4, 0.5) is 0 Å². The molecule has 3 aromatic rings. The van der Waals surface area contributed by atoms with Crippen LogP contribution >= 0.6 is 0 Å². The number of phenolic OH excluding ortho intramolecular Hbond substituents is 1. The van der Waals surface area contributed by atoms with Gasteiger partial charge in [0.25, 0.3) is 0 Å². The summed E-state index contributed by atoms with van der Waals surface area (Å²) in [5, 5.41) is 10.1. The molecule has 2 aromatic carbocycles. The molecule has 0 fully saturated rings. The van der Waals surface area contributed by atoms with E-state index < -0.39 is 0 Å². The fourth-order valence-corrected chi connectivity index (χ4v) is 2.15. The molecule has 0 bridgehead atoms. The lowest BCUT2D eigenvalue weighted by atomic mass is 10.1. The molecule has 3 rings (SSSR count). The fraction of sp³-hybridized carbons (Fsp3) is 0. The van der Waals surface area contributed by atoms with Crippen LogP contribution in [-0.2, 0) is 0 Å². The monoisotopic (exact) mass is 292 g/mol. The minimum Gasteiger partial charge on any atom is -0.507 e. The van der Waals surface area contributed by atoms with Gasteiger partial charge in [-0.25, -0.2) is 0 Å². The van der Waals surface area contributed by atoms with E-state index in [-0.39, 0.29) is 28.1 Å². The molecule has 108 valence electrons. The molecule has 0 unspecified atom stereocenters. The van der Waals surface area contributed by atoms with Crippen molar-refractivity contribution in [3.63, 3.8) is 0 Å². The van der Waals surface area contributed by atoms with E-state index in [2.05, 4.69) is 0 Å². The maximum Gasteiger partial charge on any atom is 0.199 e. The summed E-state index contributed by atoms with van der Waals surface area (Å²) in [6.07, 6.45) is 3.96. The van der Waals surface area contributed by atoms with Crippen molar-refractivity contribution >= 4 is 22.8 Å². The van der Waals surface area contributed by atoms with Gasteiger partial charge in [0, 0.05) is 0 Å². The van der Waals surface area contributed by atoms with E-state index in [0.717, 1.165) is 0 Å². The number of phenols is 1. The van der Waals surface area contributed by atoms with E-state index in [1.54, 1.807) is 36.4 Å². The number of allylic oxidation sites excluding steroid dienone is 1. The lowest BCUT2D eigenvalue weighted by Crippen LogP contribution is -2.05.